The molecule has 1 aliphatic carbocycles. The third-order valence-corrected chi connectivity index (χ3v) is 5.47. The van der Waals surface area contributed by atoms with Crippen molar-refractivity contribution in [1.82, 2.24) is 10.6 Å². The van der Waals surface area contributed by atoms with Gasteiger partial charge in [-0.2, -0.15) is 0 Å². The molecular weight excluding hydrogens is 364 g/mol. The number of alkyl halides is 2. The van der Waals surface area contributed by atoms with E-state index in [1.54, 1.807) is 17.0 Å². The highest BCUT2D eigenvalue weighted by Gasteiger charge is 2.40. The van der Waals surface area contributed by atoms with Gasteiger partial charge in [0, 0.05) is 31.3 Å². The van der Waals surface area contributed by atoms with Crippen molar-refractivity contribution in [3.8, 4) is 0 Å². The topological polar surface area (TPSA) is 61.4 Å². The highest BCUT2D eigenvalue weighted by Crippen LogP contribution is 2.46. The number of carbonyl (C=O) groups is 2. The molecule has 0 bridgehead atoms. The van der Waals surface area contributed by atoms with Gasteiger partial charge < -0.3 is 15.5 Å². The van der Waals surface area contributed by atoms with E-state index in [1.807, 2.05) is 26.8 Å². The predicted molar refractivity (Wildman–Crippen MR) is 105 cm³/mol. The monoisotopic (exact) mass is 393 g/mol. The zero-order valence-corrected chi connectivity index (χ0v) is 16.9. The van der Waals surface area contributed by atoms with Gasteiger partial charge >= 0.3 is 0 Å². The quantitative estimate of drug-likeness (QED) is 0.807. The van der Waals surface area contributed by atoms with Crippen molar-refractivity contribution < 1.29 is 18.4 Å². The average Bonchev–Trinajstić information content (AvgIpc) is 3.40. The van der Waals surface area contributed by atoms with Gasteiger partial charge in [-0.3, -0.25) is 9.59 Å². The van der Waals surface area contributed by atoms with Gasteiger partial charge in [-0.25, -0.2) is 8.78 Å². The normalized spacial score (nSPS) is 20.0. The molecule has 0 unspecified atom stereocenters. The van der Waals surface area contributed by atoms with Gasteiger partial charge in [0.2, 0.25) is 5.91 Å². The summed E-state index contributed by atoms with van der Waals surface area (Å²) >= 11 is 0. The molecule has 1 saturated carbocycles. The van der Waals surface area contributed by atoms with Crippen molar-refractivity contribution in [2.45, 2.75) is 57.9 Å². The smallest absolute Gasteiger partial charge is 0.266 e. The van der Waals surface area contributed by atoms with Crippen molar-refractivity contribution in [2.24, 2.45) is 5.41 Å². The summed E-state index contributed by atoms with van der Waals surface area (Å²) in [7, 11) is 1.53. The summed E-state index contributed by atoms with van der Waals surface area (Å²) in [5.41, 5.74) is 1.67. The predicted octanol–water partition coefficient (Wildman–Crippen LogP) is 3.30. The summed E-state index contributed by atoms with van der Waals surface area (Å²) < 4.78 is 27.5. The lowest BCUT2D eigenvalue weighted by atomic mass is 9.86. The van der Waals surface area contributed by atoms with Gasteiger partial charge in [-0.05, 0) is 41.9 Å². The lowest BCUT2D eigenvalue weighted by Gasteiger charge is -2.30. The van der Waals surface area contributed by atoms with Crippen molar-refractivity contribution in [3.63, 3.8) is 0 Å². The molecule has 3 rings (SSSR count). The van der Waals surface area contributed by atoms with E-state index in [1.165, 1.54) is 7.05 Å². The molecule has 1 aromatic carbocycles. The molecule has 28 heavy (non-hydrogen) atoms. The Hall–Kier alpha value is -2.18. The first-order chi connectivity index (χ1) is 13.0. The summed E-state index contributed by atoms with van der Waals surface area (Å²) in [5, 5.41) is 5.39. The molecule has 0 aromatic heterocycles. The molecule has 1 aliphatic heterocycles. The second kappa shape index (κ2) is 7.33. The Balaban J connectivity index is 1.87. The van der Waals surface area contributed by atoms with E-state index in [0.717, 1.165) is 24.1 Å². The number of amides is 2. The maximum atomic E-state index is 13.8. The third-order valence-electron chi connectivity index (χ3n) is 5.47. The van der Waals surface area contributed by atoms with Crippen molar-refractivity contribution in [1.29, 1.82) is 0 Å². The lowest BCUT2D eigenvalue weighted by molar-refractivity contribution is -0.124. The second-order valence-corrected chi connectivity index (χ2v) is 8.96. The maximum Gasteiger partial charge on any atom is 0.266 e. The zero-order chi connectivity index (χ0) is 20.7. The number of nitrogens with zero attached hydrogens (tertiary/aromatic N) is 1. The minimum Gasteiger partial charge on any atom is -0.365 e. The molecule has 1 aromatic rings. The number of hydrogen-bond acceptors (Lipinski definition) is 3. The van der Waals surface area contributed by atoms with Crippen LogP contribution in [0.2, 0.25) is 0 Å². The number of hydrogen-bond donors (Lipinski definition) is 2. The first kappa shape index (κ1) is 20.6. The molecule has 5 nitrogen and oxygen atoms in total. The number of carbonyl (C=O) groups excluding carboxylic acids is 2. The van der Waals surface area contributed by atoms with Gasteiger partial charge in [0.1, 0.15) is 6.04 Å². The first-order valence-corrected chi connectivity index (χ1v) is 9.81. The van der Waals surface area contributed by atoms with Crippen LogP contribution in [0.5, 0.6) is 0 Å². The van der Waals surface area contributed by atoms with Crippen LogP contribution in [0.1, 0.15) is 61.9 Å². The highest BCUT2D eigenvalue weighted by molar-refractivity contribution is 5.98. The van der Waals surface area contributed by atoms with Gasteiger partial charge in [0.05, 0.1) is 6.54 Å². The van der Waals surface area contributed by atoms with Crippen molar-refractivity contribution in [3.05, 3.63) is 29.3 Å². The Labute approximate surface area is 164 Å². The summed E-state index contributed by atoms with van der Waals surface area (Å²) in [6.45, 7) is 5.59. The largest absolute Gasteiger partial charge is 0.365 e. The number of likely N-dealkylation sites (N-methyl/N-ethyl adjacent to an activating group) is 1. The molecule has 154 valence electrons. The lowest BCUT2D eigenvalue weighted by Crippen LogP contribution is -2.52. The fourth-order valence-electron chi connectivity index (χ4n) is 3.67. The van der Waals surface area contributed by atoms with E-state index in [0.29, 0.717) is 11.5 Å². The van der Waals surface area contributed by atoms with E-state index < -0.39 is 17.4 Å². The number of anilines is 1. The fourth-order valence-corrected chi connectivity index (χ4v) is 3.67. The van der Waals surface area contributed by atoms with E-state index in [4.69, 9.17) is 0 Å². The van der Waals surface area contributed by atoms with Crippen LogP contribution in [0.15, 0.2) is 18.2 Å². The molecule has 1 saturated heterocycles. The van der Waals surface area contributed by atoms with Crippen molar-refractivity contribution >= 4 is 17.5 Å². The molecular formula is C21H29F2N3O2. The van der Waals surface area contributed by atoms with E-state index >= 15 is 0 Å². The van der Waals surface area contributed by atoms with Crippen LogP contribution in [0, 0.1) is 5.41 Å². The molecule has 1 atom stereocenters. The van der Waals surface area contributed by atoms with Gasteiger partial charge in [-0.15, -0.1) is 0 Å². The summed E-state index contributed by atoms with van der Waals surface area (Å²) in [6.07, 6.45) is 1.92. The molecule has 0 radical (unpaired) electrons. The Morgan fingerprint density at radius 1 is 1.25 bits per heavy atom. The SMILES string of the molecule is CNC(=O)[C@@H](NC(=O)c1ccc(C2CC2)c(N2CCC(F)(F)C2)c1)C(C)(C)C. The molecule has 1 heterocycles. The van der Waals surface area contributed by atoms with Gasteiger partial charge in [-0.1, -0.05) is 26.8 Å². The van der Waals surface area contributed by atoms with Crippen LogP contribution in [0.3, 0.4) is 0 Å². The minimum absolute atomic E-state index is 0.170. The maximum absolute atomic E-state index is 13.8. The summed E-state index contributed by atoms with van der Waals surface area (Å²) in [5.74, 6) is -2.96. The number of benzene rings is 1. The average molecular weight is 393 g/mol. The molecule has 2 aliphatic rings. The fraction of sp³-hybridized carbons (Fsp3) is 0.619. The Kier molecular flexibility index (Phi) is 5.38. The second-order valence-electron chi connectivity index (χ2n) is 8.96. The minimum atomic E-state index is -2.70. The molecule has 2 amide bonds. The number of halogens is 2. The molecule has 0 spiro atoms. The standard InChI is InChI=1S/C21H29F2N3O2/c1-20(2,3)17(19(28)24-4)25-18(27)14-7-8-15(13-5-6-13)16(11-14)26-10-9-21(22,23)12-26/h7-8,11,13,17H,5-6,9-10,12H2,1-4H3,(H,24,28)(H,25,27)/t17-/m1/s1. The van der Waals surface area contributed by atoms with E-state index in [9.17, 15) is 18.4 Å². The van der Waals surface area contributed by atoms with Gasteiger partial charge in [0.25, 0.3) is 11.8 Å². The highest BCUT2D eigenvalue weighted by atomic mass is 19.3. The van der Waals surface area contributed by atoms with E-state index in [-0.39, 0.29) is 31.3 Å². The van der Waals surface area contributed by atoms with E-state index in [2.05, 4.69) is 10.6 Å². The number of rotatable bonds is 5. The molecule has 7 heteroatoms. The first-order valence-electron chi connectivity index (χ1n) is 9.81. The van der Waals surface area contributed by atoms with Crippen molar-refractivity contribution in [2.75, 3.05) is 25.0 Å². The third kappa shape index (κ3) is 4.45. The van der Waals surface area contributed by atoms with Crippen LogP contribution in [-0.4, -0.2) is 43.9 Å². The zero-order valence-electron chi connectivity index (χ0n) is 16.9. The summed E-state index contributed by atoms with van der Waals surface area (Å²) in [4.78, 5) is 26.7. The Morgan fingerprint density at radius 2 is 1.93 bits per heavy atom. The molecule has 2 N–H and O–H groups in total. The van der Waals surface area contributed by atoms with Crippen LogP contribution in [0.4, 0.5) is 14.5 Å². The van der Waals surface area contributed by atoms with Crippen LogP contribution >= 0.6 is 0 Å². The van der Waals surface area contributed by atoms with Crippen LogP contribution < -0.4 is 15.5 Å². The Bertz CT molecular complexity index is 769. The Morgan fingerprint density at radius 3 is 2.43 bits per heavy atom. The van der Waals surface area contributed by atoms with Gasteiger partial charge in [0.15, 0.2) is 0 Å². The number of nitrogens with one attached hydrogen (secondary N) is 2. The van der Waals surface area contributed by atoms with Crippen LogP contribution in [-0.2, 0) is 4.79 Å². The summed E-state index contributed by atoms with van der Waals surface area (Å²) in [6, 6.07) is 4.61. The van der Waals surface area contributed by atoms with Crippen LogP contribution in [0.25, 0.3) is 0 Å². The molecule has 2 fully saturated rings.